The number of aliphatic hydroxyl groups is 3. The highest BCUT2D eigenvalue weighted by Crippen LogP contribution is 2.38. The van der Waals surface area contributed by atoms with Crippen molar-refractivity contribution in [2.24, 2.45) is 5.41 Å². The quantitative estimate of drug-likeness (QED) is 0.379. The first kappa shape index (κ1) is 26.3. The molecule has 0 spiro atoms. The molecule has 0 amide bonds. The molecular formula is C29H42O3. The van der Waals surface area contributed by atoms with Crippen LogP contribution < -0.4 is 0 Å². The Morgan fingerprint density at radius 2 is 1.50 bits per heavy atom. The number of rotatable bonds is 10. The first-order valence-corrected chi connectivity index (χ1v) is 12.0. The summed E-state index contributed by atoms with van der Waals surface area (Å²) in [4.78, 5) is 0. The second-order valence-corrected chi connectivity index (χ2v) is 10.0. The molecule has 0 aliphatic carbocycles. The van der Waals surface area contributed by atoms with Gasteiger partial charge in [0.15, 0.2) is 6.29 Å². The summed E-state index contributed by atoms with van der Waals surface area (Å²) in [6.45, 7) is 12.9. The molecular weight excluding hydrogens is 396 g/mol. The van der Waals surface area contributed by atoms with Crippen LogP contribution in [0.2, 0.25) is 0 Å². The SMILES string of the molecule is CCc1cc(C(CC)(CC)CCc2ccc(C(O)O)cc2)ccc1C=CC(O)C(C)(C)C. The Balaban J connectivity index is 2.27. The molecule has 0 aliphatic heterocycles. The Bertz CT molecular complexity index is 868. The number of benzene rings is 2. The normalized spacial score (nSPS) is 13.8. The van der Waals surface area contributed by atoms with Crippen LogP contribution in [0.5, 0.6) is 0 Å². The summed E-state index contributed by atoms with van der Waals surface area (Å²) in [5.41, 5.74) is 5.55. The highest BCUT2D eigenvalue weighted by Gasteiger charge is 2.28. The van der Waals surface area contributed by atoms with Crippen LogP contribution in [-0.2, 0) is 18.3 Å². The van der Waals surface area contributed by atoms with Gasteiger partial charge in [-0.3, -0.25) is 0 Å². The van der Waals surface area contributed by atoms with Crippen LogP contribution in [0.4, 0.5) is 0 Å². The highest BCUT2D eigenvalue weighted by atomic mass is 16.5. The zero-order valence-electron chi connectivity index (χ0n) is 20.7. The van der Waals surface area contributed by atoms with Crippen molar-refractivity contribution >= 4 is 6.08 Å². The summed E-state index contributed by atoms with van der Waals surface area (Å²) in [5.74, 6) is 0. The number of hydrogen-bond acceptors (Lipinski definition) is 3. The summed E-state index contributed by atoms with van der Waals surface area (Å²) in [6, 6.07) is 14.4. The minimum Gasteiger partial charge on any atom is -0.388 e. The summed E-state index contributed by atoms with van der Waals surface area (Å²) >= 11 is 0. The molecule has 176 valence electrons. The molecule has 1 atom stereocenters. The van der Waals surface area contributed by atoms with E-state index in [4.69, 9.17) is 0 Å². The molecule has 2 aromatic carbocycles. The second-order valence-electron chi connectivity index (χ2n) is 10.0. The molecule has 0 saturated carbocycles. The average Bonchev–Trinajstić information content (AvgIpc) is 2.78. The maximum Gasteiger partial charge on any atom is 0.178 e. The fourth-order valence-corrected chi connectivity index (χ4v) is 4.28. The van der Waals surface area contributed by atoms with E-state index in [1.807, 2.05) is 39.0 Å². The van der Waals surface area contributed by atoms with Gasteiger partial charge in [0.25, 0.3) is 0 Å². The number of aryl methyl sites for hydroxylation is 2. The van der Waals surface area contributed by atoms with Gasteiger partial charge in [-0.1, -0.05) is 96.2 Å². The van der Waals surface area contributed by atoms with Gasteiger partial charge in [-0.2, -0.15) is 0 Å². The van der Waals surface area contributed by atoms with Crippen LogP contribution in [-0.4, -0.2) is 21.4 Å². The Morgan fingerprint density at radius 1 is 0.875 bits per heavy atom. The molecule has 0 heterocycles. The predicted octanol–water partition coefficient (Wildman–Crippen LogP) is 6.34. The predicted molar refractivity (Wildman–Crippen MR) is 135 cm³/mol. The molecule has 3 heteroatoms. The molecule has 0 bridgehead atoms. The molecule has 0 fully saturated rings. The Morgan fingerprint density at radius 3 is 2.00 bits per heavy atom. The largest absolute Gasteiger partial charge is 0.388 e. The molecule has 2 aromatic rings. The van der Waals surface area contributed by atoms with Gasteiger partial charge in [-0.15, -0.1) is 0 Å². The van der Waals surface area contributed by atoms with Crippen molar-refractivity contribution in [3.8, 4) is 0 Å². The zero-order valence-corrected chi connectivity index (χ0v) is 20.7. The summed E-state index contributed by atoms with van der Waals surface area (Å²) in [7, 11) is 0. The van der Waals surface area contributed by atoms with Crippen molar-refractivity contribution in [1.82, 2.24) is 0 Å². The van der Waals surface area contributed by atoms with Gasteiger partial charge in [-0.05, 0) is 65.2 Å². The molecule has 1 unspecified atom stereocenters. The fourth-order valence-electron chi connectivity index (χ4n) is 4.28. The fraction of sp³-hybridized carbons (Fsp3) is 0.517. The third kappa shape index (κ3) is 6.54. The Kier molecular flexibility index (Phi) is 9.27. The summed E-state index contributed by atoms with van der Waals surface area (Å²) in [6.07, 6.45) is 7.16. The van der Waals surface area contributed by atoms with Crippen LogP contribution in [0, 0.1) is 5.41 Å². The lowest BCUT2D eigenvalue weighted by Gasteiger charge is -2.33. The van der Waals surface area contributed by atoms with Crippen LogP contribution in [0.1, 0.15) is 94.9 Å². The van der Waals surface area contributed by atoms with Gasteiger partial charge in [0.05, 0.1) is 6.10 Å². The first-order valence-electron chi connectivity index (χ1n) is 12.0. The van der Waals surface area contributed by atoms with Crippen LogP contribution in [0.25, 0.3) is 6.08 Å². The van der Waals surface area contributed by atoms with Gasteiger partial charge in [0, 0.05) is 5.56 Å². The van der Waals surface area contributed by atoms with E-state index in [2.05, 4.69) is 45.0 Å². The standard InChI is InChI=1S/C29H42O3/c1-7-22-20-25(16-14-23(22)15-17-26(30)28(4,5)6)29(8-2,9-3)19-18-21-10-12-24(13-11-21)27(31)32/h10-17,20,26-27,30-32H,7-9,18-19H2,1-6H3. The third-order valence-corrected chi connectivity index (χ3v) is 7.01. The van der Waals surface area contributed by atoms with Gasteiger partial charge in [0.2, 0.25) is 0 Å². The van der Waals surface area contributed by atoms with E-state index in [1.54, 1.807) is 12.1 Å². The van der Waals surface area contributed by atoms with Crippen molar-refractivity contribution in [3.63, 3.8) is 0 Å². The second kappa shape index (κ2) is 11.3. The van der Waals surface area contributed by atoms with Crippen LogP contribution in [0.15, 0.2) is 48.5 Å². The van der Waals surface area contributed by atoms with E-state index in [0.29, 0.717) is 5.56 Å². The molecule has 3 nitrogen and oxygen atoms in total. The summed E-state index contributed by atoms with van der Waals surface area (Å²) < 4.78 is 0. The minimum atomic E-state index is -1.42. The molecule has 32 heavy (non-hydrogen) atoms. The van der Waals surface area contributed by atoms with E-state index in [0.717, 1.165) is 32.1 Å². The average molecular weight is 439 g/mol. The van der Waals surface area contributed by atoms with E-state index in [1.165, 1.54) is 22.3 Å². The Labute approximate surface area is 194 Å². The molecule has 2 rings (SSSR count). The molecule has 0 aliphatic rings. The molecule has 3 N–H and O–H groups in total. The van der Waals surface area contributed by atoms with Gasteiger partial charge in [-0.25, -0.2) is 0 Å². The maximum atomic E-state index is 10.4. The zero-order chi connectivity index (χ0) is 23.9. The molecule has 0 aromatic heterocycles. The smallest absolute Gasteiger partial charge is 0.178 e. The summed E-state index contributed by atoms with van der Waals surface area (Å²) in [5, 5.41) is 29.0. The van der Waals surface area contributed by atoms with Crippen molar-refractivity contribution in [3.05, 3.63) is 76.4 Å². The third-order valence-electron chi connectivity index (χ3n) is 7.01. The first-order chi connectivity index (χ1) is 15.1. The van der Waals surface area contributed by atoms with E-state index < -0.39 is 12.4 Å². The van der Waals surface area contributed by atoms with E-state index in [-0.39, 0.29) is 10.8 Å². The van der Waals surface area contributed by atoms with Gasteiger partial charge >= 0.3 is 0 Å². The Hall–Kier alpha value is -1.94. The topological polar surface area (TPSA) is 60.7 Å². The number of hydrogen-bond donors (Lipinski definition) is 3. The lowest BCUT2D eigenvalue weighted by molar-refractivity contribution is -0.0424. The van der Waals surface area contributed by atoms with Crippen molar-refractivity contribution in [2.45, 2.75) is 91.5 Å². The van der Waals surface area contributed by atoms with Gasteiger partial charge in [0.1, 0.15) is 0 Å². The van der Waals surface area contributed by atoms with E-state index >= 15 is 0 Å². The van der Waals surface area contributed by atoms with E-state index in [9.17, 15) is 15.3 Å². The molecule has 0 radical (unpaired) electrons. The van der Waals surface area contributed by atoms with Crippen LogP contribution in [0.3, 0.4) is 0 Å². The minimum absolute atomic E-state index is 0.103. The van der Waals surface area contributed by atoms with Gasteiger partial charge < -0.3 is 15.3 Å². The van der Waals surface area contributed by atoms with Crippen molar-refractivity contribution in [1.29, 1.82) is 0 Å². The number of aliphatic hydroxyl groups excluding tert-OH is 2. The monoisotopic (exact) mass is 438 g/mol. The lowest BCUT2D eigenvalue weighted by Crippen LogP contribution is -2.25. The highest BCUT2D eigenvalue weighted by molar-refractivity contribution is 5.56. The van der Waals surface area contributed by atoms with Crippen molar-refractivity contribution < 1.29 is 15.3 Å². The van der Waals surface area contributed by atoms with Crippen LogP contribution >= 0.6 is 0 Å². The molecule has 0 saturated heterocycles. The van der Waals surface area contributed by atoms with Crippen molar-refractivity contribution in [2.75, 3.05) is 0 Å². The lowest BCUT2D eigenvalue weighted by atomic mass is 9.71. The maximum absolute atomic E-state index is 10.4.